The maximum Gasteiger partial charge on any atom is 0.251 e. The fourth-order valence-electron chi connectivity index (χ4n) is 2.47. The minimum Gasteiger partial charge on any atom is -0.396 e. The second-order valence-corrected chi connectivity index (χ2v) is 4.99. The maximum atomic E-state index is 11.9. The number of hydrogen-bond donors (Lipinski definition) is 3. The molecular formula is C13H18N2O3. The Morgan fingerprint density at radius 1 is 1.44 bits per heavy atom. The van der Waals surface area contributed by atoms with E-state index in [0.717, 1.165) is 25.7 Å². The van der Waals surface area contributed by atoms with Crippen molar-refractivity contribution in [2.45, 2.75) is 25.7 Å². The minimum absolute atomic E-state index is 0.0999. The zero-order valence-corrected chi connectivity index (χ0v) is 10.2. The molecular weight excluding hydrogens is 232 g/mol. The number of rotatable bonds is 4. The molecule has 1 saturated carbocycles. The summed E-state index contributed by atoms with van der Waals surface area (Å²) in [5.41, 5.74) is -0.109. The van der Waals surface area contributed by atoms with Gasteiger partial charge in [-0.1, -0.05) is 12.8 Å². The van der Waals surface area contributed by atoms with E-state index in [1.807, 2.05) is 0 Å². The molecule has 2 rings (SSSR count). The van der Waals surface area contributed by atoms with E-state index in [2.05, 4.69) is 10.3 Å². The highest BCUT2D eigenvalue weighted by Crippen LogP contribution is 2.36. The number of aromatic amines is 1. The fourth-order valence-corrected chi connectivity index (χ4v) is 2.47. The topological polar surface area (TPSA) is 82.2 Å². The van der Waals surface area contributed by atoms with Crippen molar-refractivity contribution in [1.82, 2.24) is 10.3 Å². The van der Waals surface area contributed by atoms with Crippen LogP contribution in [-0.2, 0) is 0 Å². The van der Waals surface area contributed by atoms with Gasteiger partial charge in [0.15, 0.2) is 0 Å². The van der Waals surface area contributed by atoms with E-state index in [1.165, 1.54) is 12.3 Å². The van der Waals surface area contributed by atoms with Crippen LogP contribution in [0.1, 0.15) is 36.0 Å². The first-order valence-corrected chi connectivity index (χ1v) is 6.23. The molecule has 5 nitrogen and oxygen atoms in total. The van der Waals surface area contributed by atoms with Gasteiger partial charge in [-0.25, -0.2) is 0 Å². The van der Waals surface area contributed by atoms with Crippen LogP contribution in [0.15, 0.2) is 23.1 Å². The van der Waals surface area contributed by atoms with Gasteiger partial charge in [0, 0.05) is 29.8 Å². The molecule has 98 valence electrons. The lowest BCUT2D eigenvalue weighted by Gasteiger charge is -2.26. The Morgan fingerprint density at radius 2 is 2.17 bits per heavy atom. The van der Waals surface area contributed by atoms with E-state index in [0.29, 0.717) is 12.1 Å². The second kappa shape index (κ2) is 5.35. The molecule has 0 saturated heterocycles. The lowest BCUT2D eigenvalue weighted by atomic mass is 9.87. The first kappa shape index (κ1) is 12.8. The highest BCUT2D eigenvalue weighted by Gasteiger charge is 2.33. The molecule has 1 aromatic heterocycles. The molecule has 3 N–H and O–H groups in total. The largest absolute Gasteiger partial charge is 0.396 e. The molecule has 1 fully saturated rings. The standard InChI is InChI=1S/C13H18N2O3/c16-9-13(4-1-2-5-13)8-15-12(18)10-3-6-14-11(17)7-10/h3,6-7,16H,1-2,4-5,8-9H2,(H,14,17)(H,15,18). The summed E-state index contributed by atoms with van der Waals surface area (Å²) in [4.78, 5) is 25.4. The van der Waals surface area contributed by atoms with Crippen molar-refractivity contribution in [3.8, 4) is 0 Å². The van der Waals surface area contributed by atoms with E-state index < -0.39 is 0 Å². The first-order chi connectivity index (χ1) is 8.65. The van der Waals surface area contributed by atoms with Gasteiger partial charge >= 0.3 is 0 Å². The molecule has 0 bridgehead atoms. The second-order valence-electron chi connectivity index (χ2n) is 4.99. The molecule has 18 heavy (non-hydrogen) atoms. The van der Waals surface area contributed by atoms with Gasteiger partial charge in [0.2, 0.25) is 5.56 Å². The maximum absolute atomic E-state index is 11.9. The molecule has 0 radical (unpaired) electrons. The molecule has 0 atom stereocenters. The average Bonchev–Trinajstić information content (AvgIpc) is 2.85. The number of H-pyrrole nitrogens is 1. The summed E-state index contributed by atoms with van der Waals surface area (Å²) in [5.74, 6) is -0.263. The average molecular weight is 250 g/mol. The summed E-state index contributed by atoms with van der Waals surface area (Å²) < 4.78 is 0. The van der Waals surface area contributed by atoms with Crippen molar-refractivity contribution < 1.29 is 9.90 Å². The van der Waals surface area contributed by atoms with Crippen LogP contribution in [0.25, 0.3) is 0 Å². The van der Waals surface area contributed by atoms with Crippen LogP contribution in [0.5, 0.6) is 0 Å². The molecule has 1 aliphatic carbocycles. The Kier molecular flexibility index (Phi) is 3.81. The molecule has 1 aliphatic rings. The van der Waals surface area contributed by atoms with Gasteiger partial charge < -0.3 is 15.4 Å². The summed E-state index contributed by atoms with van der Waals surface area (Å²) in [6.07, 6.45) is 5.54. The number of carbonyl (C=O) groups is 1. The van der Waals surface area contributed by atoms with Gasteiger partial charge in [-0.2, -0.15) is 0 Å². The van der Waals surface area contributed by atoms with Crippen molar-refractivity contribution in [1.29, 1.82) is 0 Å². The minimum atomic E-state index is -0.291. The smallest absolute Gasteiger partial charge is 0.251 e. The Hall–Kier alpha value is -1.62. The summed E-state index contributed by atoms with van der Waals surface area (Å²) in [6.45, 7) is 0.567. The fraction of sp³-hybridized carbons (Fsp3) is 0.538. The Bertz CT molecular complexity index is 475. The summed E-state index contributed by atoms with van der Waals surface area (Å²) in [6, 6.07) is 2.84. The lowest BCUT2D eigenvalue weighted by molar-refractivity contribution is 0.0880. The molecule has 0 aromatic carbocycles. The third-order valence-corrected chi connectivity index (χ3v) is 3.66. The van der Waals surface area contributed by atoms with E-state index in [1.54, 1.807) is 6.07 Å². The number of hydrogen-bond acceptors (Lipinski definition) is 3. The van der Waals surface area contributed by atoms with E-state index in [4.69, 9.17) is 0 Å². The van der Waals surface area contributed by atoms with Gasteiger partial charge in [0.05, 0.1) is 6.61 Å². The summed E-state index contributed by atoms with van der Waals surface area (Å²) >= 11 is 0. The number of amides is 1. The van der Waals surface area contributed by atoms with Gasteiger partial charge in [0.1, 0.15) is 0 Å². The predicted molar refractivity (Wildman–Crippen MR) is 67.4 cm³/mol. The molecule has 1 heterocycles. The van der Waals surface area contributed by atoms with Crippen LogP contribution in [0.3, 0.4) is 0 Å². The SMILES string of the molecule is O=C(NCC1(CO)CCCC1)c1cc[nH]c(=O)c1. The zero-order chi connectivity index (χ0) is 13.0. The zero-order valence-electron chi connectivity index (χ0n) is 10.2. The monoisotopic (exact) mass is 250 g/mol. The predicted octanol–water partition coefficient (Wildman–Crippen LogP) is 0.657. The molecule has 1 aromatic rings. The third kappa shape index (κ3) is 2.79. The van der Waals surface area contributed by atoms with Crippen LogP contribution in [-0.4, -0.2) is 29.1 Å². The van der Waals surface area contributed by atoms with E-state index in [9.17, 15) is 14.7 Å². The van der Waals surface area contributed by atoms with Crippen molar-refractivity contribution in [2.75, 3.05) is 13.2 Å². The van der Waals surface area contributed by atoms with Crippen molar-refractivity contribution in [3.05, 3.63) is 34.2 Å². The molecule has 0 unspecified atom stereocenters. The normalized spacial score (nSPS) is 17.6. The lowest BCUT2D eigenvalue weighted by Crippen LogP contribution is -2.38. The van der Waals surface area contributed by atoms with Crippen LogP contribution in [0.4, 0.5) is 0 Å². The van der Waals surface area contributed by atoms with Gasteiger partial charge in [0.25, 0.3) is 5.91 Å². The summed E-state index contributed by atoms with van der Waals surface area (Å²) in [7, 11) is 0. The number of nitrogens with one attached hydrogen (secondary N) is 2. The van der Waals surface area contributed by atoms with Crippen LogP contribution in [0, 0.1) is 5.41 Å². The number of aliphatic hydroxyl groups excluding tert-OH is 1. The number of aliphatic hydroxyl groups is 1. The molecule has 0 spiro atoms. The number of pyridine rings is 1. The van der Waals surface area contributed by atoms with E-state index >= 15 is 0 Å². The molecule has 1 amide bonds. The Morgan fingerprint density at radius 3 is 2.78 bits per heavy atom. The van der Waals surface area contributed by atoms with Gasteiger partial charge in [-0.15, -0.1) is 0 Å². The Balaban J connectivity index is 1.98. The summed E-state index contributed by atoms with van der Waals surface area (Å²) in [5, 5.41) is 12.2. The van der Waals surface area contributed by atoms with Gasteiger partial charge in [-0.05, 0) is 18.9 Å². The van der Waals surface area contributed by atoms with Crippen molar-refractivity contribution in [3.63, 3.8) is 0 Å². The van der Waals surface area contributed by atoms with E-state index in [-0.39, 0.29) is 23.5 Å². The molecule has 0 aliphatic heterocycles. The first-order valence-electron chi connectivity index (χ1n) is 6.23. The number of aromatic nitrogens is 1. The van der Waals surface area contributed by atoms with Crippen molar-refractivity contribution >= 4 is 5.91 Å². The van der Waals surface area contributed by atoms with Gasteiger partial charge in [-0.3, -0.25) is 9.59 Å². The number of carbonyl (C=O) groups excluding carboxylic acids is 1. The third-order valence-electron chi connectivity index (χ3n) is 3.66. The Labute approximate surface area is 105 Å². The highest BCUT2D eigenvalue weighted by molar-refractivity contribution is 5.93. The van der Waals surface area contributed by atoms with Crippen LogP contribution >= 0.6 is 0 Å². The highest BCUT2D eigenvalue weighted by atomic mass is 16.3. The van der Waals surface area contributed by atoms with Crippen molar-refractivity contribution in [2.24, 2.45) is 5.41 Å². The van der Waals surface area contributed by atoms with Crippen LogP contribution in [0.2, 0.25) is 0 Å². The van der Waals surface area contributed by atoms with Crippen LogP contribution < -0.4 is 10.9 Å². The quantitative estimate of drug-likeness (QED) is 0.734. The molecule has 5 heteroatoms.